The van der Waals surface area contributed by atoms with Crippen LogP contribution >= 0.6 is 11.6 Å². The number of aromatic nitrogens is 2. The summed E-state index contributed by atoms with van der Waals surface area (Å²) in [5, 5.41) is 9.85. The van der Waals surface area contributed by atoms with E-state index in [1.54, 1.807) is 41.9 Å². The van der Waals surface area contributed by atoms with Crippen molar-refractivity contribution in [1.29, 1.82) is 0 Å². The molecule has 8 heteroatoms. The normalized spacial score (nSPS) is 10.5. The van der Waals surface area contributed by atoms with Gasteiger partial charge < -0.3 is 10.6 Å². The Labute approximate surface area is 160 Å². The van der Waals surface area contributed by atoms with Crippen molar-refractivity contribution < 1.29 is 14.0 Å². The summed E-state index contributed by atoms with van der Waals surface area (Å²) in [4.78, 5) is 23.7. The van der Waals surface area contributed by atoms with Gasteiger partial charge in [-0.2, -0.15) is 5.10 Å². The lowest BCUT2D eigenvalue weighted by molar-refractivity contribution is -0.114. The van der Waals surface area contributed by atoms with Crippen LogP contribution in [-0.2, 0) is 4.79 Å². The first-order valence-electron chi connectivity index (χ1n) is 8.04. The Morgan fingerprint density at radius 1 is 1.11 bits per heavy atom. The molecule has 0 unspecified atom stereocenters. The fourth-order valence-corrected chi connectivity index (χ4v) is 2.79. The Bertz CT molecular complexity index is 1020. The molecule has 0 aliphatic carbocycles. The Kier molecular flexibility index (Phi) is 5.23. The lowest BCUT2D eigenvalue weighted by atomic mass is 10.2. The molecule has 0 fully saturated rings. The zero-order valence-electron chi connectivity index (χ0n) is 14.6. The van der Waals surface area contributed by atoms with Crippen LogP contribution in [0.1, 0.15) is 23.0 Å². The average molecular weight is 387 g/mol. The first-order chi connectivity index (χ1) is 12.8. The van der Waals surface area contributed by atoms with E-state index in [2.05, 4.69) is 15.7 Å². The molecule has 0 aliphatic rings. The van der Waals surface area contributed by atoms with Crippen LogP contribution in [0.2, 0.25) is 5.02 Å². The first-order valence-corrected chi connectivity index (χ1v) is 8.42. The fourth-order valence-electron chi connectivity index (χ4n) is 2.56. The zero-order valence-corrected chi connectivity index (χ0v) is 15.3. The maximum Gasteiger partial charge on any atom is 0.259 e. The number of benzene rings is 2. The average Bonchev–Trinajstić information content (AvgIpc) is 2.99. The Hall–Kier alpha value is -3.19. The lowest BCUT2D eigenvalue weighted by Gasteiger charge is -2.09. The van der Waals surface area contributed by atoms with Gasteiger partial charge in [-0.25, -0.2) is 9.07 Å². The Morgan fingerprint density at radius 3 is 2.44 bits per heavy atom. The molecule has 2 amide bonds. The SMILES string of the molecule is CC(=O)Nc1ccc(NC(=O)c2cnn(-c3ccc(F)cc3)c2C)cc1Cl. The van der Waals surface area contributed by atoms with Crippen LogP contribution in [0.3, 0.4) is 0 Å². The number of hydrogen-bond acceptors (Lipinski definition) is 3. The summed E-state index contributed by atoms with van der Waals surface area (Å²) < 4.78 is 14.6. The van der Waals surface area contributed by atoms with Crippen LogP contribution in [-0.4, -0.2) is 21.6 Å². The third-order valence-electron chi connectivity index (χ3n) is 3.86. The van der Waals surface area contributed by atoms with Crippen molar-refractivity contribution >= 4 is 34.8 Å². The van der Waals surface area contributed by atoms with E-state index in [0.29, 0.717) is 33.3 Å². The smallest absolute Gasteiger partial charge is 0.259 e. The van der Waals surface area contributed by atoms with E-state index in [-0.39, 0.29) is 17.6 Å². The van der Waals surface area contributed by atoms with Gasteiger partial charge in [0.15, 0.2) is 0 Å². The number of rotatable bonds is 4. The molecule has 0 spiro atoms. The molecule has 0 aliphatic heterocycles. The molecular weight excluding hydrogens is 371 g/mol. The quantitative estimate of drug-likeness (QED) is 0.706. The number of carbonyl (C=O) groups excluding carboxylic acids is 2. The van der Waals surface area contributed by atoms with Crippen LogP contribution in [0.4, 0.5) is 15.8 Å². The highest BCUT2D eigenvalue weighted by Gasteiger charge is 2.16. The number of nitrogens with zero attached hydrogens (tertiary/aromatic N) is 2. The number of amides is 2. The van der Waals surface area contributed by atoms with Crippen molar-refractivity contribution in [2.45, 2.75) is 13.8 Å². The summed E-state index contributed by atoms with van der Waals surface area (Å²) in [5.74, 6) is -0.942. The van der Waals surface area contributed by atoms with Gasteiger partial charge in [0, 0.05) is 12.6 Å². The van der Waals surface area contributed by atoms with Crippen molar-refractivity contribution in [3.05, 3.63) is 70.8 Å². The molecule has 138 valence electrons. The summed E-state index contributed by atoms with van der Waals surface area (Å²) in [6.07, 6.45) is 1.45. The van der Waals surface area contributed by atoms with Crippen molar-refractivity contribution in [2.24, 2.45) is 0 Å². The molecule has 2 N–H and O–H groups in total. The molecule has 0 radical (unpaired) electrons. The fraction of sp³-hybridized carbons (Fsp3) is 0.105. The summed E-state index contributed by atoms with van der Waals surface area (Å²) in [5.41, 5.74) is 2.58. The maximum atomic E-state index is 13.1. The standard InChI is InChI=1S/C19H16ClFN4O2/c1-11-16(10-22-25(11)15-6-3-13(21)4-7-15)19(27)24-14-5-8-18(17(20)9-14)23-12(2)26/h3-10H,1-2H3,(H,23,26)(H,24,27). The summed E-state index contributed by atoms with van der Waals surface area (Å²) >= 11 is 6.12. The maximum absolute atomic E-state index is 13.1. The molecule has 2 aromatic carbocycles. The number of nitrogens with one attached hydrogen (secondary N) is 2. The molecule has 0 saturated carbocycles. The van der Waals surface area contributed by atoms with E-state index in [1.165, 1.54) is 25.3 Å². The van der Waals surface area contributed by atoms with Gasteiger partial charge in [0.25, 0.3) is 5.91 Å². The molecular formula is C19H16ClFN4O2. The molecule has 27 heavy (non-hydrogen) atoms. The van der Waals surface area contributed by atoms with Crippen LogP contribution in [0.15, 0.2) is 48.7 Å². The predicted octanol–water partition coefficient (Wildman–Crippen LogP) is 4.18. The second-order valence-corrected chi connectivity index (χ2v) is 6.27. The first kappa shape index (κ1) is 18.6. The van der Waals surface area contributed by atoms with Gasteiger partial charge in [0.2, 0.25) is 5.91 Å². The number of hydrogen-bond donors (Lipinski definition) is 2. The van der Waals surface area contributed by atoms with Crippen LogP contribution in [0, 0.1) is 12.7 Å². The van der Waals surface area contributed by atoms with Gasteiger partial charge in [-0.15, -0.1) is 0 Å². The molecule has 3 aromatic rings. The minimum absolute atomic E-state index is 0.238. The minimum atomic E-state index is -0.357. The highest BCUT2D eigenvalue weighted by Crippen LogP contribution is 2.26. The summed E-state index contributed by atoms with van der Waals surface area (Å²) in [6, 6.07) is 10.6. The molecule has 0 saturated heterocycles. The molecule has 3 rings (SSSR count). The van der Waals surface area contributed by atoms with Crippen molar-refractivity contribution in [3.8, 4) is 5.69 Å². The predicted molar refractivity (Wildman–Crippen MR) is 102 cm³/mol. The molecule has 0 atom stereocenters. The van der Waals surface area contributed by atoms with Crippen LogP contribution < -0.4 is 10.6 Å². The highest BCUT2D eigenvalue weighted by atomic mass is 35.5. The third-order valence-corrected chi connectivity index (χ3v) is 4.18. The van der Waals surface area contributed by atoms with Crippen LogP contribution in [0.5, 0.6) is 0 Å². The van der Waals surface area contributed by atoms with E-state index in [1.807, 2.05) is 0 Å². The number of carbonyl (C=O) groups is 2. The second-order valence-electron chi connectivity index (χ2n) is 5.86. The van der Waals surface area contributed by atoms with Gasteiger partial charge >= 0.3 is 0 Å². The molecule has 1 heterocycles. The van der Waals surface area contributed by atoms with Crippen molar-refractivity contribution in [3.63, 3.8) is 0 Å². The molecule has 6 nitrogen and oxygen atoms in total. The van der Waals surface area contributed by atoms with E-state index in [0.717, 1.165) is 0 Å². The molecule has 0 bridgehead atoms. The summed E-state index contributed by atoms with van der Waals surface area (Å²) in [7, 11) is 0. The van der Waals surface area contributed by atoms with E-state index in [4.69, 9.17) is 11.6 Å². The second kappa shape index (κ2) is 7.59. The lowest BCUT2D eigenvalue weighted by Crippen LogP contribution is -2.13. The van der Waals surface area contributed by atoms with Crippen molar-refractivity contribution in [2.75, 3.05) is 10.6 Å². The largest absolute Gasteiger partial charge is 0.325 e. The molecule has 1 aromatic heterocycles. The van der Waals surface area contributed by atoms with Gasteiger partial charge in [-0.1, -0.05) is 11.6 Å². The van der Waals surface area contributed by atoms with E-state index < -0.39 is 0 Å². The number of anilines is 2. The van der Waals surface area contributed by atoms with E-state index in [9.17, 15) is 14.0 Å². The Balaban J connectivity index is 1.80. The third kappa shape index (κ3) is 4.15. The summed E-state index contributed by atoms with van der Waals surface area (Å²) in [6.45, 7) is 3.13. The minimum Gasteiger partial charge on any atom is -0.325 e. The van der Waals surface area contributed by atoms with Gasteiger partial charge in [-0.05, 0) is 49.4 Å². The van der Waals surface area contributed by atoms with E-state index >= 15 is 0 Å². The van der Waals surface area contributed by atoms with Gasteiger partial charge in [0.1, 0.15) is 5.82 Å². The van der Waals surface area contributed by atoms with Crippen molar-refractivity contribution in [1.82, 2.24) is 9.78 Å². The monoisotopic (exact) mass is 386 g/mol. The zero-order chi connectivity index (χ0) is 19.6. The highest BCUT2D eigenvalue weighted by molar-refractivity contribution is 6.34. The van der Waals surface area contributed by atoms with Crippen LogP contribution in [0.25, 0.3) is 5.69 Å². The van der Waals surface area contributed by atoms with Gasteiger partial charge in [0.05, 0.1) is 33.9 Å². The Morgan fingerprint density at radius 2 is 1.81 bits per heavy atom. The number of halogens is 2. The van der Waals surface area contributed by atoms with Gasteiger partial charge in [-0.3, -0.25) is 9.59 Å². The topological polar surface area (TPSA) is 76.0 Å².